The lowest BCUT2D eigenvalue weighted by Crippen LogP contribution is -2.46. The van der Waals surface area contributed by atoms with Gasteiger partial charge < -0.3 is 113 Å². The van der Waals surface area contributed by atoms with Gasteiger partial charge in [-0.15, -0.1) is 0 Å². The number of likely N-dealkylation sites (N-methyl/N-ethyl adjacent to an activating group) is 10. The van der Waals surface area contributed by atoms with Crippen molar-refractivity contribution in [3.05, 3.63) is 36.5 Å². The molecule has 0 aromatic heterocycles. The number of nitrogens with zero attached hydrogens (tertiary/aromatic N) is 24. The molecule has 0 spiro atoms. The van der Waals surface area contributed by atoms with Crippen molar-refractivity contribution in [1.29, 1.82) is 0 Å². The third-order valence-electron chi connectivity index (χ3n) is 22.9. The minimum atomic E-state index is 0.226. The molecule has 0 N–H and O–H groups in total. The molecule has 0 saturated carbocycles. The third kappa shape index (κ3) is 158. The van der Waals surface area contributed by atoms with Crippen molar-refractivity contribution in [2.45, 2.75) is 231 Å². The second-order valence-corrected chi connectivity index (χ2v) is 43.1. The van der Waals surface area contributed by atoms with E-state index < -0.39 is 0 Å². The van der Waals surface area contributed by atoms with Gasteiger partial charge in [-0.05, 0) is 460 Å². The molecule has 26 nitrogen and oxygen atoms in total. The van der Waals surface area contributed by atoms with Crippen molar-refractivity contribution >= 4 is 17.7 Å². The molecule has 0 unspecified atom stereocenters. The highest BCUT2D eigenvalue weighted by atomic mass is 32.2. The Morgan fingerprint density at radius 3 is 0.500 bits per heavy atom. The molecule has 1 amide bonds. The van der Waals surface area contributed by atoms with Crippen LogP contribution in [0, 0.1) is 0 Å². The first-order valence-corrected chi connectivity index (χ1v) is 59.4. The lowest BCUT2D eigenvalue weighted by molar-refractivity contribution is -0.133. The van der Waals surface area contributed by atoms with Crippen molar-refractivity contribution in [1.82, 2.24) is 118 Å². The first-order valence-electron chi connectivity index (χ1n) is 58.3. The van der Waals surface area contributed by atoms with Gasteiger partial charge in [0.25, 0.3) is 0 Å². The topological polar surface area (TPSA) is 104 Å². The van der Waals surface area contributed by atoms with Crippen LogP contribution in [0.25, 0.3) is 0 Å². The summed E-state index contributed by atoms with van der Waals surface area (Å²) in [7, 11) is 70.7. The molecular formula is C117H272N24O2S. The van der Waals surface area contributed by atoms with Gasteiger partial charge in [0.2, 0.25) is 5.91 Å². The van der Waals surface area contributed by atoms with Crippen molar-refractivity contribution in [3.63, 3.8) is 0 Å². The third-order valence-corrected chi connectivity index (χ3v) is 23.9. The van der Waals surface area contributed by atoms with E-state index >= 15 is 0 Å². The van der Waals surface area contributed by atoms with Crippen LogP contribution in [0.15, 0.2) is 36.5 Å². The highest BCUT2D eigenvalue weighted by Gasteiger charge is 2.18. The molecule has 13 fully saturated rings. The first-order chi connectivity index (χ1) is 68.6. The minimum absolute atomic E-state index is 0.226. The number of likely N-dealkylation sites (tertiary alicyclic amines) is 8. The maximum Gasteiger partial charge on any atom is 0.236 e. The van der Waals surface area contributed by atoms with Crippen molar-refractivity contribution in [3.8, 4) is 0 Å². The molecule has 16 aliphatic rings. The number of amides is 1. The van der Waals surface area contributed by atoms with Gasteiger partial charge in [-0.25, -0.2) is 0 Å². The zero-order valence-corrected chi connectivity index (χ0v) is 108. The molecule has 0 bridgehead atoms. The van der Waals surface area contributed by atoms with Gasteiger partial charge in [-0.3, -0.25) is 14.6 Å². The number of hydrogen-bond donors (Lipinski definition) is 0. The predicted molar refractivity (Wildman–Crippen MR) is 660 cm³/mol. The van der Waals surface area contributed by atoms with Crippen LogP contribution in [0.3, 0.4) is 0 Å². The SMILES string of the molecule is CC.CC.CC.CC.CC.CC.CN(C)C.CN(C)C.CN(C)C.CN(C)C.CN(C)C.CN1CC=CC1.CN1CC=CCC1.CN1CC=CCC1.CN1CCC1.CN1CCC1.CN1CCCC1.CN1CCCC1.CN1CCCCC1.CN1CCCCC1.CN1CCCCCC1.CN1CCCCCC1.CN1CCCN(C)CC1.CN1CCN(C)C(=O)C1.CN1CCN(C)CC1.CN1CCOCC1.CN1CCSCC1. The molecular weight excluding hydrogens is 1810 g/mol. The van der Waals surface area contributed by atoms with Gasteiger partial charge >= 0.3 is 0 Å². The fourth-order valence-corrected chi connectivity index (χ4v) is 14.7. The largest absolute Gasteiger partial charge is 0.379 e. The number of thioether (sulfide) groups is 1. The molecule has 13 saturated heterocycles. The van der Waals surface area contributed by atoms with Crippen LogP contribution in [-0.4, -0.2) is 630 Å². The van der Waals surface area contributed by atoms with Gasteiger partial charge in [-0.1, -0.05) is 158 Å². The number of morpholine rings is 1. The van der Waals surface area contributed by atoms with Crippen molar-refractivity contribution < 1.29 is 9.53 Å². The second-order valence-electron chi connectivity index (χ2n) is 41.9. The molecule has 27 heteroatoms. The van der Waals surface area contributed by atoms with Crippen LogP contribution in [-0.2, 0) is 9.53 Å². The number of ether oxygens (including phenoxy) is 1. The smallest absolute Gasteiger partial charge is 0.236 e. The average Bonchev–Trinajstić information content (AvgIpc) is 1.28. The van der Waals surface area contributed by atoms with E-state index in [0.29, 0.717) is 6.54 Å². The van der Waals surface area contributed by atoms with E-state index in [9.17, 15) is 4.79 Å². The summed E-state index contributed by atoms with van der Waals surface area (Å²) in [5.74, 6) is 2.89. The van der Waals surface area contributed by atoms with Gasteiger partial charge in [-0.2, -0.15) is 11.8 Å². The van der Waals surface area contributed by atoms with Crippen molar-refractivity contribution in [2.75, 3.05) is 506 Å². The van der Waals surface area contributed by atoms with E-state index in [2.05, 4.69) is 251 Å². The van der Waals surface area contributed by atoms with Gasteiger partial charge in [0.1, 0.15) is 0 Å². The van der Waals surface area contributed by atoms with Crippen LogP contribution in [0.4, 0.5) is 0 Å². The monoisotopic (exact) mass is 2080 g/mol. The van der Waals surface area contributed by atoms with Crippen LogP contribution >= 0.6 is 11.8 Å². The quantitative estimate of drug-likeness (QED) is 0.215. The highest BCUT2D eigenvalue weighted by molar-refractivity contribution is 7.99. The zero-order valence-electron chi connectivity index (χ0n) is 107. The molecule has 878 valence electrons. The molecule has 0 atom stereocenters. The van der Waals surface area contributed by atoms with Crippen LogP contribution in [0.1, 0.15) is 231 Å². The normalized spacial score (nSPS) is 20.8. The lowest BCUT2D eigenvalue weighted by Gasteiger charge is -2.28. The summed E-state index contributed by atoms with van der Waals surface area (Å²) in [6, 6.07) is 0. The van der Waals surface area contributed by atoms with E-state index in [1.54, 1.807) is 4.90 Å². The predicted octanol–water partition coefficient (Wildman–Crippen LogP) is 16.7. The molecule has 0 aliphatic carbocycles. The highest BCUT2D eigenvalue weighted by Crippen LogP contribution is 2.11. The standard InChI is InChI=1S/C7H16N2.2C7H15N.C6H12N2O.C6H14N2.2C6H13N.2C6H11N.C5H11NO.C5H11NS.2C5H11N.C5H9N.2C4H9N.5C3H9N.6C2H6/c1-8-4-3-5-9(2)7-6-8;2*1-8-6-4-2-3-5-7-8;1-7-3-4-8(2)6(9)5-7;1-7-3-5-8(2)6-4-7;4*1-7-5-3-2-4-6-7;2*1-6-2-4-7-5-3-6;3*1-6-4-2-3-5-6;2*1-5-3-2-4-5;5*1-4(2)3;6*1-2/h3-7H2,1-2H3;2*2-7H2,1H3;3-5H2,1-2H3;3-6H2,1-2H3;2*2-6H2,1H3;2*2-3H,4-6H2,1H3;2*2-5H2,1H3;2*2-5H2,1H3;2-3H,4-5H2,1H3;2*2-4H2,1H3;5*1-3H3;6*1-2H3. The van der Waals surface area contributed by atoms with E-state index in [1.807, 2.05) is 232 Å². The summed E-state index contributed by atoms with van der Waals surface area (Å²) in [5, 5.41) is 0. The number of carbonyl (C=O) groups excluding carboxylic acids is 1. The maximum absolute atomic E-state index is 10.9. The summed E-state index contributed by atoms with van der Waals surface area (Å²) < 4.78 is 5.10. The Labute approximate surface area is 913 Å². The molecule has 0 aromatic carbocycles. The molecule has 144 heavy (non-hydrogen) atoms. The summed E-state index contributed by atoms with van der Waals surface area (Å²) in [6.45, 7) is 71.1. The van der Waals surface area contributed by atoms with Crippen molar-refractivity contribution in [2.24, 2.45) is 0 Å². The summed E-state index contributed by atoms with van der Waals surface area (Å²) in [4.78, 5) is 64.7. The molecule has 0 radical (unpaired) electrons. The molecule has 16 heterocycles. The Kier molecular flexibility index (Phi) is 150. The number of hydrogen-bond acceptors (Lipinski definition) is 26. The zero-order chi connectivity index (χ0) is 112. The fraction of sp³-hybridized carbons (Fsp3) is 0.940. The summed E-state index contributed by atoms with van der Waals surface area (Å²) in [5.41, 5.74) is 0. The van der Waals surface area contributed by atoms with E-state index in [0.717, 1.165) is 65.6 Å². The van der Waals surface area contributed by atoms with Gasteiger partial charge in [0, 0.05) is 136 Å². The fourth-order valence-electron chi connectivity index (χ4n) is 13.6. The Morgan fingerprint density at radius 1 is 0.188 bits per heavy atom. The van der Waals surface area contributed by atoms with Gasteiger partial charge in [0.15, 0.2) is 0 Å². The van der Waals surface area contributed by atoms with E-state index in [4.69, 9.17) is 4.74 Å². The Morgan fingerprint density at radius 2 is 0.354 bits per heavy atom. The second kappa shape index (κ2) is 132. The Bertz CT molecular complexity index is 2140. The lowest BCUT2D eigenvalue weighted by atomic mass is 10.1. The van der Waals surface area contributed by atoms with E-state index in [1.165, 1.54) is 342 Å². The maximum atomic E-state index is 10.9. The number of piperazine rings is 2. The Balaban J connectivity index is -0.000000143. The summed E-state index contributed by atoms with van der Waals surface area (Å²) in [6.07, 6.45) is 45.5. The minimum Gasteiger partial charge on any atom is -0.379 e. The Hall–Kier alpha value is -1.92. The van der Waals surface area contributed by atoms with Gasteiger partial charge in [0.05, 0.1) is 19.8 Å². The van der Waals surface area contributed by atoms with Crippen LogP contribution in [0.2, 0.25) is 0 Å². The number of rotatable bonds is 0. The molecule has 16 aliphatic heterocycles. The number of carbonyl (C=O) groups is 1. The van der Waals surface area contributed by atoms with Crippen LogP contribution in [0.5, 0.6) is 0 Å². The first kappa shape index (κ1) is 165. The molecule has 0 aromatic rings. The van der Waals surface area contributed by atoms with Crippen LogP contribution < -0.4 is 0 Å². The number of piperidine rings is 2. The average molecular weight is 2080 g/mol. The van der Waals surface area contributed by atoms with E-state index in [-0.39, 0.29) is 5.91 Å². The summed E-state index contributed by atoms with van der Waals surface area (Å²) >= 11 is 2.06. The molecule has 16 rings (SSSR count).